The lowest BCUT2D eigenvalue weighted by Gasteiger charge is -2.31. The number of hydrogen-bond donors (Lipinski definition) is 1. The van der Waals surface area contributed by atoms with Crippen molar-refractivity contribution in [3.63, 3.8) is 0 Å². The minimum atomic E-state index is -0.649. The maximum atomic E-state index is 12.4. The van der Waals surface area contributed by atoms with E-state index in [4.69, 9.17) is 0 Å². The predicted molar refractivity (Wildman–Crippen MR) is 72.5 cm³/mol. The monoisotopic (exact) mass is 324 g/mol. The van der Waals surface area contributed by atoms with Crippen LogP contribution in [0.3, 0.4) is 0 Å². The van der Waals surface area contributed by atoms with Gasteiger partial charge in [0.05, 0.1) is 0 Å². The van der Waals surface area contributed by atoms with Gasteiger partial charge in [-0.2, -0.15) is 0 Å². The number of carbonyl (C=O) groups is 3. The summed E-state index contributed by atoms with van der Waals surface area (Å²) in [5, 5.41) is 2.21. The van der Waals surface area contributed by atoms with Gasteiger partial charge < -0.3 is 4.90 Å². The predicted octanol–water partition coefficient (Wildman–Crippen LogP) is 1.24. The van der Waals surface area contributed by atoms with Crippen LogP contribution >= 0.6 is 15.9 Å². The Kier molecular flexibility index (Phi) is 3.71. The summed E-state index contributed by atoms with van der Waals surface area (Å²) in [6.07, 6.45) is 0. The van der Waals surface area contributed by atoms with Gasteiger partial charge in [0, 0.05) is 10.0 Å². The van der Waals surface area contributed by atoms with E-state index in [1.807, 2.05) is 13.0 Å². The number of nitrogens with one attached hydrogen (secondary N) is 1. The SMILES string of the molecule is Cc1cc(Br)cc(C(=O)N2CC(=O)NC(=O)C2C)c1. The smallest absolute Gasteiger partial charge is 0.255 e. The van der Waals surface area contributed by atoms with E-state index in [9.17, 15) is 14.4 Å². The van der Waals surface area contributed by atoms with Crippen LogP contribution in [-0.4, -0.2) is 35.2 Å². The van der Waals surface area contributed by atoms with Crippen LogP contribution in [0.2, 0.25) is 0 Å². The molecule has 0 radical (unpaired) electrons. The van der Waals surface area contributed by atoms with Crippen LogP contribution in [0.5, 0.6) is 0 Å². The van der Waals surface area contributed by atoms with Crippen molar-refractivity contribution in [3.8, 4) is 0 Å². The molecule has 1 aromatic rings. The number of piperazine rings is 1. The van der Waals surface area contributed by atoms with Crippen LogP contribution in [0, 0.1) is 6.92 Å². The van der Waals surface area contributed by atoms with Gasteiger partial charge >= 0.3 is 0 Å². The number of rotatable bonds is 1. The molecule has 0 spiro atoms. The summed E-state index contributed by atoms with van der Waals surface area (Å²) >= 11 is 3.33. The van der Waals surface area contributed by atoms with Crippen molar-refractivity contribution in [3.05, 3.63) is 33.8 Å². The number of nitrogens with zero attached hydrogens (tertiary/aromatic N) is 1. The van der Waals surface area contributed by atoms with Crippen LogP contribution in [0.4, 0.5) is 0 Å². The zero-order valence-electron chi connectivity index (χ0n) is 10.6. The Labute approximate surface area is 119 Å². The molecule has 1 N–H and O–H groups in total. The fraction of sp³-hybridized carbons (Fsp3) is 0.308. The number of imide groups is 1. The van der Waals surface area contributed by atoms with E-state index < -0.39 is 17.9 Å². The van der Waals surface area contributed by atoms with Gasteiger partial charge in [0.25, 0.3) is 5.91 Å². The van der Waals surface area contributed by atoms with Gasteiger partial charge in [-0.15, -0.1) is 0 Å². The molecule has 1 saturated heterocycles. The molecule has 1 aromatic carbocycles. The average molecular weight is 325 g/mol. The minimum Gasteiger partial charge on any atom is -0.318 e. The molecule has 0 aliphatic carbocycles. The molecule has 2 rings (SSSR count). The average Bonchev–Trinajstić information content (AvgIpc) is 2.31. The first-order valence-corrected chi connectivity index (χ1v) is 6.59. The topological polar surface area (TPSA) is 66.5 Å². The second kappa shape index (κ2) is 5.13. The number of benzene rings is 1. The lowest BCUT2D eigenvalue weighted by molar-refractivity contribution is -0.138. The van der Waals surface area contributed by atoms with E-state index in [1.54, 1.807) is 19.1 Å². The minimum absolute atomic E-state index is 0.0999. The Morgan fingerprint density at radius 3 is 2.68 bits per heavy atom. The maximum Gasteiger partial charge on any atom is 0.255 e. The molecule has 3 amide bonds. The first kappa shape index (κ1) is 13.7. The van der Waals surface area contributed by atoms with Gasteiger partial charge in [-0.05, 0) is 37.6 Å². The highest BCUT2D eigenvalue weighted by Crippen LogP contribution is 2.18. The van der Waals surface area contributed by atoms with Crippen molar-refractivity contribution in [1.29, 1.82) is 0 Å². The summed E-state index contributed by atoms with van der Waals surface area (Å²) in [5.74, 6) is -1.22. The molecule has 1 aliphatic heterocycles. The molecule has 19 heavy (non-hydrogen) atoms. The van der Waals surface area contributed by atoms with Crippen molar-refractivity contribution < 1.29 is 14.4 Å². The van der Waals surface area contributed by atoms with Crippen molar-refractivity contribution >= 4 is 33.7 Å². The Bertz CT molecular complexity index is 551. The molecule has 0 aromatic heterocycles. The fourth-order valence-electron chi connectivity index (χ4n) is 1.99. The molecule has 100 valence electrons. The molecule has 1 fully saturated rings. The third kappa shape index (κ3) is 2.84. The molecule has 1 heterocycles. The van der Waals surface area contributed by atoms with Gasteiger partial charge in [0.15, 0.2) is 0 Å². The third-order valence-corrected chi connectivity index (χ3v) is 3.43. The Morgan fingerprint density at radius 2 is 2.05 bits per heavy atom. The zero-order chi connectivity index (χ0) is 14.2. The van der Waals surface area contributed by atoms with E-state index >= 15 is 0 Å². The molecule has 1 atom stereocenters. The lowest BCUT2D eigenvalue weighted by atomic mass is 10.1. The van der Waals surface area contributed by atoms with E-state index in [2.05, 4.69) is 21.2 Å². The first-order chi connectivity index (χ1) is 8.88. The van der Waals surface area contributed by atoms with E-state index in [0.29, 0.717) is 5.56 Å². The summed E-state index contributed by atoms with van der Waals surface area (Å²) < 4.78 is 0.788. The van der Waals surface area contributed by atoms with Gasteiger partial charge in [-0.3, -0.25) is 19.7 Å². The number of carbonyl (C=O) groups excluding carboxylic acids is 3. The van der Waals surface area contributed by atoms with Crippen molar-refractivity contribution in [2.45, 2.75) is 19.9 Å². The highest BCUT2D eigenvalue weighted by molar-refractivity contribution is 9.10. The van der Waals surface area contributed by atoms with Crippen molar-refractivity contribution in [2.24, 2.45) is 0 Å². The number of halogens is 1. The molecule has 5 nitrogen and oxygen atoms in total. The highest BCUT2D eigenvalue weighted by atomic mass is 79.9. The molecule has 6 heteroatoms. The number of hydrogen-bond acceptors (Lipinski definition) is 3. The van der Waals surface area contributed by atoms with Crippen LogP contribution in [0.25, 0.3) is 0 Å². The van der Waals surface area contributed by atoms with Gasteiger partial charge in [-0.25, -0.2) is 0 Å². The van der Waals surface area contributed by atoms with Crippen LogP contribution in [0.15, 0.2) is 22.7 Å². The van der Waals surface area contributed by atoms with E-state index in [1.165, 1.54) is 4.90 Å². The van der Waals surface area contributed by atoms with Crippen LogP contribution < -0.4 is 5.32 Å². The van der Waals surface area contributed by atoms with E-state index in [0.717, 1.165) is 10.0 Å². The Hall–Kier alpha value is -1.69. The lowest BCUT2D eigenvalue weighted by Crippen LogP contribution is -2.58. The molecular weight excluding hydrogens is 312 g/mol. The Morgan fingerprint density at radius 1 is 1.37 bits per heavy atom. The number of aryl methyl sites for hydroxylation is 1. The summed E-state index contributed by atoms with van der Waals surface area (Å²) in [6.45, 7) is 3.38. The molecule has 0 bridgehead atoms. The maximum absolute atomic E-state index is 12.4. The molecular formula is C13H13BrN2O3. The van der Waals surface area contributed by atoms with Crippen LogP contribution in [-0.2, 0) is 9.59 Å². The highest BCUT2D eigenvalue weighted by Gasteiger charge is 2.34. The normalized spacial score (nSPS) is 19.3. The fourth-order valence-corrected chi connectivity index (χ4v) is 2.60. The molecule has 1 unspecified atom stereocenters. The largest absolute Gasteiger partial charge is 0.318 e. The standard InChI is InChI=1S/C13H13BrN2O3/c1-7-3-9(5-10(14)4-7)13(19)16-6-11(17)15-12(18)8(16)2/h3-5,8H,6H2,1-2H3,(H,15,17,18). The van der Waals surface area contributed by atoms with Crippen molar-refractivity contribution in [2.75, 3.05) is 6.54 Å². The second-order valence-electron chi connectivity index (χ2n) is 4.54. The first-order valence-electron chi connectivity index (χ1n) is 5.80. The van der Waals surface area contributed by atoms with Gasteiger partial charge in [0.1, 0.15) is 12.6 Å². The molecule has 0 saturated carbocycles. The van der Waals surface area contributed by atoms with Gasteiger partial charge in [-0.1, -0.05) is 15.9 Å². The van der Waals surface area contributed by atoms with Crippen LogP contribution in [0.1, 0.15) is 22.8 Å². The zero-order valence-corrected chi connectivity index (χ0v) is 12.2. The summed E-state index contributed by atoms with van der Waals surface area (Å²) in [7, 11) is 0. The van der Waals surface area contributed by atoms with E-state index in [-0.39, 0.29) is 12.5 Å². The second-order valence-corrected chi connectivity index (χ2v) is 5.45. The van der Waals surface area contributed by atoms with Crippen molar-refractivity contribution in [1.82, 2.24) is 10.2 Å². The summed E-state index contributed by atoms with van der Waals surface area (Å²) in [6, 6.07) is 4.65. The quantitative estimate of drug-likeness (QED) is 0.790. The summed E-state index contributed by atoms with van der Waals surface area (Å²) in [4.78, 5) is 36.6. The Balaban J connectivity index is 2.32. The summed E-state index contributed by atoms with van der Waals surface area (Å²) in [5.41, 5.74) is 1.39. The molecule has 1 aliphatic rings. The third-order valence-electron chi connectivity index (χ3n) is 2.97. The number of amides is 3. The van der Waals surface area contributed by atoms with Gasteiger partial charge in [0.2, 0.25) is 11.8 Å².